The Labute approximate surface area is 147 Å². The number of sulfone groups is 1. The number of rotatable bonds is 5. The molecule has 134 valence electrons. The third-order valence-electron chi connectivity index (χ3n) is 4.38. The first-order chi connectivity index (χ1) is 11.9. The average molecular weight is 362 g/mol. The van der Waals surface area contributed by atoms with Gasteiger partial charge in [0.1, 0.15) is 9.84 Å². The first-order valence-electron chi connectivity index (χ1n) is 8.21. The van der Waals surface area contributed by atoms with E-state index < -0.39 is 9.84 Å². The smallest absolute Gasteiger partial charge is 0.253 e. The Kier molecular flexibility index (Phi) is 5.19. The average Bonchev–Trinajstić information content (AvgIpc) is 3.14. The molecule has 25 heavy (non-hydrogen) atoms. The standard InChI is InChI=1S/C17H22N4O3S/c1-25(23,24)10-9-20-5-7-21(8-6-20)17(22)15-4-2-3-14(11-15)16-12-18-19-13-16/h2-4,11-13H,5-10H2,1H3,(H,18,19). The van der Waals surface area contributed by atoms with Crippen molar-refractivity contribution in [3.05, 3.63) is 42.2 Å². The van der Waals surface area contributed by atoms with Crippen LogP contribution in [0.4, 0.5) is 0 Å². The van der Waals surface area contributed by atoms with Crippen LogP contribution in [0.1, 0.15) is 10.4 Å². The van der Waals surface area contributed by atoms with Gasteiger partial charge in [-0.15, -0.1) is 0 Å². The van der Waals surface area contributed by atoms with Crippen LogP contribution in [0.2, 0.25) is 0 Å². The van der Waals surface area contributed by atoms with E-state index in [1.807, 2.05) is 29.2 Å². The number of amides is 1. The fourth-order valence-electron chi connectivity index (χ4n) is 2.89. The lowest BCUT2D eigenvalue weighted by atomic mass is 10.1. The Morgan fingerprint density at radius 2 is 1.96 bits per heavy atom. The maximum atomic E-state index is 12.7. The largest absolute Gasteiger partial charge is 0.336 e. The molecule has 2 heterocycles. The van der Waals surface area contributed by atoms with E-state index in [4.69, 9.17) is 0 Å². The van der Waals surface area contributed by atoms with Gasteiger partial charge < -0.3 is 4.90 Å². The van der Waals surface area contributed by atoms with E-state index in [2.05, 4.69) is 15.1 Å². The number of nitrogens with one attached hydrogen (secondary N) is 1. The van der Waals surface area contributed by atoms with Crippen molar-refractivity contribution >= 4 is 15.7 Å². The Bertz CT molecular complexity index is 825. The van der Waals surface area contributed by atoms with Gasteiger partial charge in [0, 0.05) is 56.3 Å². The summed E-state index contributed by atoms with van der Waals surface area (Å²) in [7, 11) is -2.95. The summed E-state index contributed by atoms with van der Waals surface area (Å²) in [5.74, 6) is 0.168. The molecule has 0 atom stereocenters. The van der Waals surface area contributed by atoms with Gasteiger partial charge in [-0.25, -0.2) is 8.42 Å². The maximum Gasteiger partial charge on any atom is 0.253 e. The van der Waals surface area contributed by atoms with Gasteiger partial charge in [-0.2, -0.15) is 5.10 Å². The molecule has 1 fully saturated rings. The van der Waals surface area contributed by atoms with Gasteiger partial charge in [0.25, 0.3) is 5.91 Å². The zero-order chi connectivity index (χ0) is 17.9. The lowest BCUT2D eigenvalue weighted by molar-refractivity contribution is 0.0644. The minimum absolute atomic E-state index is 0.00751. The first kappa shape index (κ1) is 17.6. The number of aromatic amines is 1. The molecule has 3 rings (SSSR count). The predicted octanol–water partition coefficient (Wildman–Crippen LogP) is 0.879. The van der Waals surface area contributed by atoms with E-state index in [1.165, 1.54) is 6.26 Å². The lowest BCUT2D eigenvalue weighted by Gasteiger charge is -2.34. The summed E-state index contributed by atoms with van der Waals surface area (Å²) >= 11 is 0. The number of H-pyrrole nitrogens is 1. The summed E-state index contributed by atoms with van der Waals surface area (Å²) in [6.45, 7) is 3.14. The Balaban J connectivity index is 1.60. The van der Waals surface area contributed by atoms with Gasteiger partial charge in [-0.1, -0.05) is 12.1 Å². The third-order valence-corrected chi connectivity index (χ3v) is 5.30. The predicted molar refractivity (Wildman–Crippen MR) is 96.1 cm³/mol. The van der Waals surface area contributed by atoms with Crippen molar-refractivity contribution in [3.8, 4) is 11.1 Å². The monoisotopic (exact) mass is 362 g/mol. The Hall–Kier alpha value is -2.19. The highest BCUT2D eigenvalue weighted by molar-refractivity contribution is 7.90. The molecule has 1 saturated heterocycles. The Morgan fingerprint density at radius 1 is 1.20 bits per heavy atom. The summed E-state index contributed by atoms with van der Waals surface area (Å²) in [4.78, 5) is 16.6. The molecule has 1 N–H and O–H groups in total. The van der Waals surface area contributed by atoms with Crippen LogP contribution in [0.25, 0.3) is 11.1 Å². The van der Waals surface area contributed by atoms with Crippen LogP contribution in [0.5, 0.6) is 0 Å². The molecule has 0 radical (unpaired) electrons. The number of carbonyl (C=O) groups is 1. The molecule has 0 unspecified atom stereocenters. The van der Waals surface area contributed by atoms with Crippen LogP contribution in [0, 0.1) is 0 Å². The molecule has 1 aromatic carbocycles. The number of hydrogen-bond donors (Lipinski definition) is 1. The van der Waals surface area contributed by atoms with E-state index in [0.29, 0.717) is 38.3 Å². The number of aromatic nitrogens is 2. The molecule has 1 aliphatic rings. The van der Waals surface area contributed by atoms with E-state index in [0.717, 1.165) is 11.1 Å². The molecule has 7 nitrogen and oxygen atoms in total. The molecule has 1 aromatic heterocycles. The van der Waals surface area contributed by atoms with Gasteiger partial charge in [0.2, 0.25) is 0 Å². The second kappa shape index (κ2) is 7.37. The zero-order valence-corrected chi connectivity index (χ0v) is 15.0. The molecule has 0 saturated carbocycles. The van der Waals surface area contributed by atoms with Gasteiger partial charge in [-0.3, -0.25) is 14.8 Å². The van der Waals surface area contributed by atoms with Crippen molar-refractivity contribution in [3.63, 3.8) is 0 Å². The second-order valence-electron chi connectivity index (χ2n) is 6.33. The number of hydrogen-bond acceptors (Lipinski definition) is 5. The van der Waals surface area contributed by atoms with E-state index >= 15 is 0 Å². The normalized spacial score (nSPS) is 16.1. The molecule has 2 aromatic rings. The van der Waals surface area contributed by atoms with Gasteiger partial charge in [0.05, 0.1) is 11.9 Å². The summed E-state index contributed by atoms with van der Waals surface area (Å²) in [5.41, 5.74) is 2.55. The van der Waals surface area contributed by atoms with Crippen LogP contribution in [0.15, 0.2) is 36.7 Å². The lowest BCUT2D eigenvalue weighted by Crippen LogP contribution is -2.49. The van der Waals surface area contributed by atoms with Gasteiger partial charge >= 0.3 is 0 Å². The zero-order valence-electron chi connectivity index (χ0n) is 14.2. The highest BCUT2D eigenvalue weighted by Crippen LogP contribution is 2.20. The van der Waals surface area contributed by atoms with Crippen molar-refractivity contribution in [1.29, 1.82) is 0 Å². The summed E-state index contributed by atoms with van der Waals surface area (Å²) in [6, 6.07) is 7.52. The highest BCUT2D eigenvalue weighted by atomic mass is 32.2. The summed E-state index contributed by atoms with van der Waals surface area (Å²) in [6.07, 6.45) is 4.77. The Morgan fingerprint density at radius 3 is 2.60 bits per heavy atom. The molecular weight excluding hydrogens is 340 g/mol. The highest BCUT2D eigenvalue weighted by Gasteiger charge is 2.22. The summed E-state index contributed by atoms with van der Waals surface area (Å²) in [5, 5.41) is 6.71. The van der Waals surface area contributed by atoms with E-state index in [9.17, 15) is 13.2 Å². The van der Waals surface area contributed by atoms with Crippen molar-refractivity contribution in [2.24, 2.45) is 0 Å². The molecule has 0 bridgehead atoms. The van der Waals surface area contributed by atoms with Crippen molar-refractivity contribution < 1.29 is 13.2 Å². The van der Waals surface area contributed by atoms with Crippen molar-refractivity contribution in [1.82, 2.24) is 20.0 Å². The van der Waals surface area contributed by atoms with Crippen molar-refractivity contribution in [2.75, 3.05) is 44.7 Å². The van der Waals surface area contributed by atoms with Crippen molar-refractivity contribution in [2.45, 2.75) is 0 Å². The fraction of sp³-hybridized carbons (Fsp3) is 0.412. The van der Waals surface area contributed by atoms with Crippen LogP contribution in [-0.4, -0.2) is 79.1 Å². The second-order valence-corrected chi connectivity index (χ2v) is 8.59. The minimum atomic E-state index is -2.95. The van der Waals surface area contributed by atoms with Crippen LogP contribution in [-0.2, 0) is 9.84 Å². The maximum absolute atomic E-state index is 12.7. The molecule has 1 amide bonds. The molecule has 0 aliphatic carbocycles. The quantitative estimate of drug-likeness (QED) is 0.853. The number of nitrogens with zero attached hydrogens (tertiary/aromatic N) is 3. The van der Waals surface area contributed by atoms with Crippen LogP contribution >= 0.6 is 0 Å². The van der Waals surface area contributed by atoms with Gasteiger partial charge in [-0.05, 0) is 17.7 Å². The summed E-state index contributed by atoms with van der Waals surface area (Å²) < 4.78 is 22.5. The SMILES string of the molecule is CS(=O)(=O)CCN1CCN(C(=O)c2cccc(-c3cn[nH]c3)c2)CC1. The third kappa shape index (κ3) is 4.67. The number of benzene rings is 1. The topological polar surface area (TPSA) is 86.4 Å². The molecule has 1 aliphatic heterocycles. The molecule has 0 spiro atoms. The van der Waals surface area contributed by atoms with Gasteiger partial charge in [0.15, 0.2) is 0 Å². The molecule has 8 heteroatoms. The fourth-order valence-corrected chi connectivity index (χ4v) is 3.48. The number of carbonyl (C=O) groups excluding carboxylic acids is 1. The number of piperazine rings is 1. The van der Waals surface area contributed by atoms with Crippen LogP contribution < -0.4 is 0 Å². The van der Waals surface area contributed by atoms with E-state index in [-0.39, 0.29) is 11.7 Å². The van der Waals surface area contributed by atoms with E-state index in [1.54, 1.807) is 12.4 Å². The first-order valence-corrected chi connectivity index (χ1v) is 10.3. The minimum Gasteiger partial charge on any atom is -0.336 e. The molecular formula is C17H22N4O3S. The van der Waals surface area contributed by atoms with Crippen LogP contribution in [0.3, 0.4) is 0 Å².